The Bertz CT molecular complexity index is 1620. The monoisotopic (exact) mass is 561 g/mol. The van der Waals surface area contributed by atoms with E-state index < -0.39 is 17.6 Å². The zero-order chi connectivity index (χ0) is 28.0. The van der Waals surface area contributed by atoms with E-state index in [0.717, 1.165) is 29.4 Å². The third-order valence-corrected chi connectivity index (χ3v) is 8.31. The molecule has 6 rings (SSSR count). The maximum absolute atomic E-state index is 13.6. The highest BCUT2D eigenvalue weighted by Crippen LogP contribution is 2.36. The molecule has 2 atom stereocenters. The number of rotatable bonds is 6. The average molecular weight is 562 g/mol. The maximum atomic E-state index is 13.6. The Hall–Kier alpha value is -3.91. The molecule has 1 N–H and O–H groups in total. The summed E-state index contributed by atoms with van der Waals surface area (Å²) in [6.45, 7) is 0.835. The van der Waals surface area contributed by atoms with Crippen molar-refractivity contribution in [3.63, 3.8) is 0 Å². The van der Waals surface area contributed by atoms with Gasteiger partial charge in [0.25, 0.3) is 5.91 Å². The number of carboxylic acids is 1. The van der Waals surface area contributed by atoms with Crippen LogP contribution in [0.1, 0.15) is 46.8 Å². The zero-order valence-electron chi connectivity index (χ0n) is 21.5. The smallest absolute Gasteiger partial charge is 0.306 e. The number of amides is 1. The van der Waals surface area contributed by atoms with Gasteiger partial charge in [-0.15, -0.1) is 0 Å². The molecule has 1 amide bonds. The Labute approximate surface area is 234 Å². The molecule has 0 bridgehead atoms. The van der Waals surface area contributed by atoms with Gasteiger partial charge in [0.15, 0.2) is 11.6 Å². The van der Waals surface area contributed by atoms with Crippen molar-refractivity contribution in [3.8, 4) is 11.3 Å². The number of halogens is 3. The second-order valence-corrected chi connectivity index (χ2v) is 11.2. The van der Waals surface area contributed by atoms with Gasteiger partial charge in [-0.2, -0.15) is 0 Å². The van der Waals surface area contributed by atoms with Crippen molar-refractivity contribution < 1.29 is 23.5 Å². The highest BCUT2D eigenvalue weighted by molar-refractivity contribution is 6.30. The highest BCUT2D eigenvalue weighted by Gasteiger charge is 2.33. The normalized spacial score (nSPS) is 19.1. The van der Waals surface area contributed by atoms with E-state index in [0.29, 0.717) is 59.5 Å². The molecule has 1 aromatic heterocycles. The van der Waals surface area contributed by atoms with Crippen molar-refractivity contribution in [2.24, 2.45) is 11.8 Å². The standard InChI is InChI=1S/C31H26ClF2N3O3/c32-23-7-3-18(4-8-23)29-28(12-17-1-2-21(11-17)31(39)40)35-27-14-20(6-10-26(27)36-29)30(38)37-15-22(16-37)19-5-9-24(33)25(34)13-19/h3-10,13-14,17,21-22H,1-2,11-12,15-16H2,(H,39,40). The fourth-order valence-corrected chi connectivity index (χ4v) is 5.89. The van der Waals surface area contributed by atoms with E-state index in [-0.39, 0.29) is 23.7 Å². The number of carbonyl (C=O) groups excluding carboxylic acids is 1. The molecule has 1 saturated heterocycles. The lowest BCUT2D eigenvalue weighted by Gasteiger charge is -2.39. The third kappa shape index (κ3) is 5.16. The lowest BCUT2D eigenvalue weighted by atomic mass is 9.90. The van der Waals surface area contributed by atoms with Gasteiger partial charge in [0.1, 0.15) is 0 Å². The summed E-state index contributed by atoms with van der Waals surface area (Å²) < 4.78 is 26.9. The molecule has 2 aliphatic rings. The molecule has 0 radical (unpaired) electrons. The molecular formula is C31H26ClF2N3O3. The number of carboxylic acid groups (broad SMARTS) is 1. The fraction of sp³-hybridized carbons (Fsp3) is 0.290. The van der Waals surface area contributed by atoms with Crippen LogP contribution in [0.4, 0.5) is 8.78 Å². The van der Waals surface area contributed by atoms with Crippen LogP contribution in [0.25, 0.3) is 22.3 Å². The summed E-state index contributed by atoms with van der Waals surface area (Å²) >= 11 is 6.10. The molecule has 204 valence electrons. The van der Waals surface area contributed by atoms with Crippen molar-refractivity contribution in [2.45, 2.75) is 31.6 Å². The van der Waals surface area contributed by atoms with Crippen LogP contribution in [0.3, 0.4) is 0 Å². The number of nitrogens with zero attached hydrogens (tertiary/aromatic N) is 3. The molecule has 2 unspecified atom stereocenters. The second kappa shape index (κ2) is 10.6. The van der Waals surface area contributed by atoms with E-state index in [9.17, 15) is 23.5 Å². The topological polar surface area (TPSA) is 83.4 Å². The van der Waals surface area contributed by atoms with E-state index in [2.05, 4.69) is 0 Å². The van der Waals surface area contributed by atoms with Gasteiger partial charge in [-0.25, -0.2) is 18.7 Å². The van der Waals surface area contributed by atoms with E-state index in [1.54, 1.807) is 41.3 Å². The Kier molecular flexibility index (Phi) is 6.96. The SMILES string of the molecule is O=C(O)C1CCC(Cc2nc3cc(C(=O)N4CC(c5ccc(F)c(F)c5)C4)ccc3nc2-c2ccc(Cl)cc2)C1. The Morgan fingerprint density at radius 2 is 1.70 bits per heavy atom. The van der Waals surface area contributed by atoms with E-state index >= 15 is 0 Å². The van der Waals surface area contributed by atoms with Gasteiger partial charge in [0, 0.05) is 35.2 Å². The fourth-order valence-electron chi connectivity index (χ4n) is 5.77. The zero-order valence-corrected chi connectivity index (χ0v) is 22.2. The van der Waals surface area contributed by atoms with Crippen molar-refractivity contribution in [3.05, 3.63) is 94.1 Å². The molecule has 6 nitrogen and oxygen atoms in total. The molecule has 9 heteroatoms. The van der Waals surface area contributed by atoms with Crippen LogP contribution >= 0.6 is 11.6 Å². The van der Waals surface area contributed by atoms with Gasteiger partial charge >= 0.3 is 5.97 Å². The number of hydrogen-bond acceptors (Lipinski definition) is 4. The molecule has 3 aromatic carbocycles. The number of benzene rings is 3. The molecule has 1 aliphatic carbocycles. The van der Waals surface area contributed by atoms with Gasteiger partial charge < -0.3 is 10.0 Å². The van der Waals surface area contributed by atoms with Crippen LogP contribution in [-0.4, -0.2) is 44.9 Å². The lowest BCUT2D eigenvalue weighted by Crippen LogP contribution is -2.48. The molecule has 2 heterocycles. The summed E-state index contributed by atoms with van der Waals surface area (Å²) in [6, 6.07) is 16.5. The average Bonchev–Trinajstić information content (AvgIpc) is 3.38. The first-order valence-corrected chi connectivity index (χ1v) is 13.7. The summed E-state index contributed by atoms with van der Waals surface area (Å²) in [5, 5.41) is 10.1. The van der Waals surface area contributed by atoms with Gasteiger partial charge in [-0.3, -0.25) is 9.59 Å². The van der Waals surface area contributed by atoms with E-state index in [1.807, 2.05) is 12.1 Å². The van der Waals surface area contributed by atoms with Crippen LogP contribution in [-0.2, 0) is 11.2 Å². The molecule has 1 saturated carbocycles. The Balaban J connectivity index is 1.27. The van der Waals surface area contributed by atoms with Crippen molar-refractivity contribution in [1.82, 2.24) is 14.9 Å². The first kappa shape index (κ1) is 26.3. The van der Waals surface area contributed by atoms with Crippen molar-refractivity contribution in [2.75, 3.05) is 13.1 Å². The molecule has 1 aliphatic heterocycles. The van der Waals surface area contributed by atoms with E-state index in [4.69, 9.17) is 21.6 Å². The van der Waals surface area contributed by atoms with Crippen LogP contribution < -0.4 is 0 Å². The first-order chi connectivity index (χ1) is 19.2. The number of likely N-dealkylation sites (tertiary alicyclic amines) is 1. The molecule has 40 heavy (non-hydrogen) atoms. The third-order valence-electron chi connectivity index (χ3n) is 8.06. The van der Waals surface area contributed by atoms with Gasteiger partial charge in [0.05, 0.1) is 28.3 Å². The van der Waals surface area contributed by atoms with Gasteiger partial charge in [-0.05, 0) is 79.6 Å². The van der Waals surface area contributed by atoms with Gasteiger partial charge in [0.2, 0.25) is 0 Å². The van der Waals surface area contributed by atoms with Crippen LogP contribution in [0, 0.1) is 23.5 Å². The summed E-state index contributed by atoms with van der Waals surface area (Å²) in [6.07, 6.45) is 2.65. The highest BCUT2D eigenvalue weighted by atomic mass is 35.5. The molecule has 4 aromatic rings. The lowest BCUT2D eigenvalue weighted by molar-refractivity contribution is -0.141. The number of fused-ring (bicyclic) bond motifs is 1. The van der Waals surface area contributed by atoms with E-state index in [1.165, 1.54) is 6.07 Å². The van der Waals surface area contributed by atoms with Crippen LogP contribution in [0.2, 0.25) is 5.02 Å². The second-order valence-electron chi connectivity index (χ2n) is 10.7. The minimum atomic E-state index is -0.889. The van der Waals surface area contributed by atoms with Crippen LogP contribution in [0.15, 0.2) is 60.7 Å². The quantitative estimate of drug-likeness (QED) is 0.290. The predicted molar refractivity (Wildman–Crippen MR) is 147 cm³/mol. The molecular weight excluding hydrogens is 536 g/mol. The summed E-state index contributed by atoms with van der Waals surface area (Å²) in [4.78, 5) is 36.3. The largest absolute Gasteiger partial charge is 0.481 e. The first-order valence-electron chi connectivity index (χ1n) is 13.3. The number of aliphatic carboxylic acids is 1. The predicted octanol–water partition coefficient (Wildman–Crippen LogP) is 6.51. The van der Waals surface area contributed by atoms with Gasteiger partial charge in [-0.1, -0.05) is 29.8 Å². The summed E-state index contributed by atoms with van der Waals surface area (Å²) in [5.74, 6) is -2.90. The Morgan fingerprint density at radius 1 is 0.925 bits per heavy atom. The Morgan fingerprint density at radius 3 is 2.40 bits per heavy atom. The van der Waals surface area contributed by atoms with Crippen molar-refractivity contribution in [1.29, 1.82) is 0 Å². The molecule has 2 fully saturated rings. The van der Waals surface area contributed by atoms with Crippen molar-refractivity contribution >= 4 is 34.5 Å². The number of carbonyl (C=O) groups is 2. The summed E-state index contributed by atoms with van der Waals surface area (Å²) in [7, 11) is 0. The number of hydrogen-bond donors (Lipinski definition) is 1. The molecule has 0 spiro atoms. The number of aromatic nitrogens is 2. The minimum Gasteiger partial charge on any atom is -0.481 e. The summed E-state index contributed by atoms with van der Waals surface area (Å²) in [5.41, 5.74) is 4.72. The minimum absolute atomic E-state index is 0.0473. The van der Waals surface area contributed by atoms with Crippen LogP contribution in [0.5, 0.6) is 0 Å². The maximum Gasteiger partial charge on any atom is 0.306 e.